The van der Waals surface area contributed by atoms with E-state index in [1.807, 2.05) is 24.6 Å². The van der Waals surface area contributed by atoms with E-state index in [1.54, 1.807) is 23.0 Å². The molecule has 0 unspecified atom stereocenters. The number of nitrogen functional groups attached to an aromatic ring is 1. The van der Waals surface area contributed by atoms with Crippen molar-refractivity contribution >= 4 is 17.4 Å². The highest BCUT2D eigenvalue weighted by Crippen LogP contribution is 2.37. The largest absolute Gasteiger partial charge is 0.397 e. The van der Waals surface area contributed by atoms with Crippen molar-refractivity contribution in [1.82, 2.24) is 14.3 Å². The van der Waals surface area contributed by atoms with Crippen LogP contribution in [0.5, 0.6) is 0 Å². The van der Waals surface area contributed by atoms with Crippen LogP contribution in [0.25, 0.3) is 0 Å². The summed E-state index contributed by atoms with van der Waals surface area (Å²) in [7, 11) is 0. The molecule has 0 saturated heterocycles. The zero-order valence-electron chi connectivity index (χ0n) is 11.7. The molecule has 3 rings (SSSR count). The van der Waals surface area contributed by atoms with Crippen molar-refractivity contribution in [3.8, 4) is 0 Å². The molecule has 6 nitrogen and oxygen atoms in total. The minimum Gasteiger partial charge on any atom is -0.397 e. The maximum absolute atomic E-state index is 12.4. The van der Waals surface area contributed by atoms with Gasteiger partial charge in [-0.2, -0.15) is 5.10 Å². The topological polar surface area (TPSA) is 77.9 Å². The van der Waals surface area contributed by atoms with Gasteiger partial charge in [0.05, 0.1) is 11.9 Å². The van der Waals surface area contributed by atoms with Gasteiger partial charge in [-0.25, -0.2) is 4.68 Å². The molecule has 2 aromatic rings. The molecule has 2 heterocycles. The van der Waals surface area contributed by atoms with Gasteiger partial charge in [-0.05, 0) is 32.8 Å². The van der Waals surface area contributed by atoms with Gasteiger partial charge in [-0.1, -0.05) is 0 Å². The van der Waals surface area contributed by atoms with Crippen molar-refractivity contribution in [3.63, 3.8) is 0 Å². The number of nitrogens with zero attached hydrogens (tertiary/aromatic N) is 3. The second-order valence-electron chi connectivity index (χ2n) is 5.51. The molecule has 1 aliphatic rings. The summed E-state index contributed by atoms with van der Waals surface area (Å²) in [5, 5.41) is 7.12. The number of nitrogens with one attached hydrogen (secondary N) is 1. The molecule has 20 heavy (non-hydrogen) atoms. The molecule has 1 fully saturated rings. The number of amides is 1. The fourth-order valence-electron chi connectivity index (χ4n) is 2.34. The molecule has 106 valence electrons. The van der Waals surface area contributed by atoms with Gasteiger partial charge in [0.25, 0.3) is 5.91 Å². The predicted octanol–water partition coefficient (Wildman–Crippen LogP) is 2.43. The fraction of sp³-hybridized carbons (Fsp3) is 0.429. The van der Waals surface area contributed by atoms with Crippen LogP contribution in [0.15, 0.2) is 24.5 Å². The van der Waals surface area contributed by atoms with Crippen molar-refractivity contribution in [2.45, 2.75) is 38.8 Å². The molecule has 1 amide bonds. The predicted molar refractivity (Wildman–Crippen MR) is 77.7 cm³/mol. The van der Waals surface area contributed by atoms with Gasteiger partial charge in [0.1, 0.15) is 11.5 Å². The lowest BCUT2D eigenvalue weighted by Gasteiger charge is -2.12. The first-order valence-electron chi connectivity index (χ1n) is 6.88. The van der Waals surface area contributed by atoms with Crippen molar-refractivity contribution in [2.24, 2.45) is 0 Å². The normalized spacial score (nSPS) is 14.8. The second-order valence-corrected chi connectivity index (χ2v) is 5.51. The quantitative estimate of drug-likeness (QED) is 0.898. The van der Waals surface area contributed by atoms with Gasteiger partial charge in [0.15, 0.2) is 0 Å². The van der Waals surface area contributed by atoms with Crippen LogP contribution in [0.2, 0.25) is 0 Å². The lowest BCUT2D eigenvalue weighted by molar-refractivity contribution is 0.101. The summed E-state index contributed by atoms with van der Waals surface area (Å²) in [5.41, 5.74) is 7.05. The average molecular weight is 273 g/mol. The number of hydrogen-bond donors (Lipinski definition) is 2. The molecule has 0 aliphatic heterocycles. The zero-order valence-corrected chi connectivity index (χ0v) is 11.7. The van der Waals surface area contributed by atoms with E-state index in [9.17, 15) is 4.79 Å². The summed E-state index contributed by atoms with van der Waals surface area (Å²) in [5.74, 6) is 0.558. The molecule has 1 saturated carbocycles. The van der Waals surface area contributed by atoms with Gasteiger partial charge < -0.3 is 15.6 Å². The molecule has 0 spiro atoms. The van der Waals surface area contributed by atoms with Crippen molar-refractivity contribution < 1.29 is 4.79 Å². The number of rotatable bonds is 4. The van der Waals surface area contributed by atoms with Crippen molar-refractivity contribution in [3.05, 3.63) is 30.2 Å². The van der Waals surface area contributed by atoms with Gasteiger partial charge in [0.2, 0.25) is 0 Å². The molecule has 6 heteroatoms. The highest BCUT2D eigenvalue weighted by molar-refractivity contribution is 6.03. The molecule has 3 N–H and O–H groups in total. The van der Waals surface area contributed by atoms with Crippen LogP contribution >= 0.6 is 0 Å². The maximum atomic E-state index is 12.4. The minimum atomic E-state index is -0.143. The Morgan fingerprint density at radius 3 is 2.90 bits per heavy atom. The standard InChI is InChI=1S/C14H19N5O/c1-9(2)19-13(5-6-16-19)17-14(20)12-7-10(15)8-18(12)11-3-4-11/h5-9,11H,3-4,15H2,1-2H3,(H,17,20). The van der Waals surface area contributed by atoms with Gasteiger partial charge in [-0.15, -0.1) is 0 Å². The summed E-state index contributed by atoms with van der Waals surface area (Å²) in [6.45, 7) is 4.04. The van der Waals surface area contributed by atoms with Crippen LogP contribution in [0.3, 0.4) is 0 Å². The number of nitrogens with two attached hydrogens (primary N) is 1. The van der Waals surface area contributed by atoms with Crippen LogP contribution in [-0.2, 0) is 0 Å². The minimum absolute atomic E-state index is 0.143. The average Bonchev–Trinajstić information content (AvgIpc) is 3.00. The number of hydrogen-bond acceptors (Lipinski definition) is 3. The Hall–Kier alpha value is -2.24. The van der Waals surface area contributed by atoms with E-state index in [2.05, 4.69) is 10.4 Å². The first-order chi connectivity index (χ1) is 9.56. The van der Waals surface area contributed by atoms with E-state index >= 15 is 0 Å². The molecule has 1 aliphatic carbocycles. The molecule has 2 aromatic heterocycles. The van der Waals surface area contributed by atoms with Crippen LogP contribution in [0.4, 0.5) is 11.5 Å². The molecule has 0 aromatic carbocycles. The lowest BCUT2D eigenvalue weighted by Crippen LogP contribution is -2.19. The van der Waals surface area contributed by atoms with E-state index < -0.39 is 0 Å². The highest BCUT2D eigenvalue weighted by atomic mass is 16.2. The van der Waals surface area contributed by atoms with E-state index in [4.69, 9.17) is 5.73 Å². The number of carbonyl (C=O) groups is 1. The Kier molecular flexibility index (Phi) is 3.00. The monoisotopic (exact) mass is 273 g/mol. The van der Waals surface area contributed by atoms with Crippen molar-refractivity contribution in [1.29, 1.82) is 0 Å². The summed E-state index contributed by atoms with van der Waals surface area (Å²) in [6.07, 6.45) is 5.74. The van der Waals surface area contributed by atoms with Gasteiger partial charge in [-0.3, -0.25) is 4.79 Å². The third-order valence-electron chi connectivity index (χ3n) is 3.44. The fourth-order valence-corrected chi connectivity index (χ4v) is 2.34. The van der Waals surface area contributed by atoms with E-state index in [1.165, 1.54) is 0 Å². The Morgan fingerprint density at radius 1 is 1.50 bits per heavy atom. The molecular formula is C14H19N5O. The Bertz CT molecular complexity index is 636. The molecule has 0 bridgehead atoms. The summed E-state index contributed by atoms with van der Waals surface area (Å²) in [4.78, 5) is 12.4. The number of aromatic nitrogens is 3. The second kappa shape index (κ2) is 4.70. The molecule has 0 atom stereocenters. The summed E-state index contributed by atoms with van der Waals surface area (Å²) in [6, 6.07) is 4.14. The first-order valence-corrected chi connectivity index (χ1v) is 6.88. The van der Waals surface area contributed by atoms with Crippen LogP contribution < -0.4 is 11.1 Å². The SMILES string of the molecule is CC(C)n1nccc1NC(=O)c1cc(N)cn1C1CC1. The van der Waals surface area contributed by atoms with Gasteiger partial charge in [0, 0.05) is 24.3 Å². The Labute approximate surface area is 117 Å². The van der Waals surface area contributed by atoms with Crippen LogP contribution in [0, 0.1) is 0 Å². The van der Waals surface area contributed by atoms with E-state index in [0.29, 0.717) is 23.2 Å². The number of carbonyl (C=O) groups excluding carboxylic acids is 1. The lowest BCUT2D eigenvalue weighted by atomic mass is 10.3. The summed E-state index contributed by atoms with van der Waals surface area (Å²) < 4.78 is 3.76. The first kappa shape index (κ1) is 12.8. The van der Waals surface area contributed by atoms with Crippen molar-refractivity contribution in [2.75, 3.05) is 11.1 Å². The van der Waals surface area contributed by atoms with E-state index in [-0.39, 0.29) is 11.9 Å². The van der Waals surface area contributed by atoms with Crippen LogP contribution in [-0.4, -0.2) is 20.3 Å². The Morgan fingerprint density at radius 2 is 2.25 bits per heavy atom. The van der Waals surface area contributed by atoms with Crippen LogP contribution in [0.1, 0.15) is 49.3 Å². The summed E-state index contributed by atoms with van der Waals surface area (Å²) >= 11 is 0. The van der Waals surface area contributed by atoms with Gasteiger partial charge >= 0.3 is 0 Å². The zero-order chi connectivity index (χ0) is 14.3. The third-order valence-corrected chi connectivity index (χ3v) is 3.44. The smallest absolute Gasteiger partial charge is 0.273 e. The molecular weight excluding hydrogens is 254 g/mol. The Balaban J connectivity index is 1.84. The maximum Gasteiger partial charge on any atom is 0.273 e. The third kappa shape index (κ3) is 2.29. The number of anilines is 2. The molecule has 0 radical (unpaired) electrons. The highest BCUT2D eigenvalue weighted by Gasteiger charge is 2.28. The van der Waals surface area contributed by atoms with E-state index in [0.717, 1.165) is 12.8 Å².